The second-order valence-electron chi connectivity index (χ2n) is 4.37. The van der Waals surface area contributed by atoms with Crippen molar-refractivity contribution in [3.63, 3.8) is 0 Å². The maximum atomic E-state index is 11.4. The Balaban J connectivity index is 1.91. The first kappa shape index (κ1) is 14.0. The second kappa shape index (κ2) is 5.79. The standard InChI is InChI=1S/C15H10N4O2S/c1-21-15(20)10-4-2-9(3-5-10)12-6-7-13(22-12)14-11(8-16)17-19-18-14/h2-7H,1H3,(H,17,18,19). The third-order valence-corrected chi connectivity index (χ3v) is 4.22. The molecule has 0 spiro atoms. The van der Waals surface area contributed by atoms with Crippen molar-refractivity contribution in [2.45, 2.75) is 0 Å². The van der Waals surface area contributed by atoms with Crippen molar-refractivity contribution in [2.75, 3.05) is 7.11 Å². The van der Waals surface area contributed by atoms with E-state index < -0.39 is 0 Å². The van der Waals surface area contributed by atoms with Crippen LogP contribution in [0.3, 0.4) is 0 Å². The van der Waals surface area contributed by atoms with Crippen LogP contribution in [0.15, 0.2) is 36.4 Å². The van der Waals surface area contributed by atoms with Gasteiger partial charge in [-0.1, -0.05) is 12.1 Å². The zero-order chi connectivity index (χ0) is 15.5. The fourth-order valence-corrected chi connectivity index (χ4v) is 2.99. The molecular weight excluding hydrogens is 300 g/mol. The summed E-state index contributed by atoms with van der Waals surface area (Å²) < 4.78 is 4.67. The largest absolute Gasteiger partial charge is 0.465 e. The summed E-state index contributed by atoms with van der Waals surface area (Å²) in [6.07, 6.45) is 0. The quantitative estimate of drug-likeness (QED) is 0.751. The van der Waals surface area contributed by atoms with Crippen LogP contribution < -0.4 is 0 Å². The van der Waals surface area contributed by atoms with Crippen molar-refractivity contribution >= 4 is 17.3 Å². The van der Waals surface area contributed by atoms with Crippen molar-refractivity contribution in [2.24, 2.45) is 0 Å². The van der Waals surface area contributed by atoms with Crippen molar-refractivity contribution in [1.82, 2.24) is 15.4 Å². The van der Waals surface area contributed by atoms with E-state index in [2.05, 4.69) is 20.1 Å². The summed E-state index contributed by atoms with van der Waals surface area (Å²) in [6.45, 7) is 0. The molecule has 0 radical (unpaired) electrons. The second-order valence-corrected chi connectivity index (χ2v) is 5.45. The Morgan fingerprint density at radius 3 is 2.59 bits per heavy atom. The van der Waals surface area contributed by atoms with Crippen molar-refractivity contribution in [3.05, 3.63) is 47.7 Å². The van der Waals surface area contributed by atoms with E-state index >= 15 is 0 Å². The Labute approximate surface area is 130 Å². The minimum absolute atomic E-state index is 0.273. The van der Waals surface area contributed by atoms with Gasteiger partial charge in [0.25, 0.3) is 0 Å². The Kier molecular flexibility index (Phi) is 3.68. The molecule has 0 fully saturated rings. The lowest BCUT2D eigenvalue weighted by atomic mass is 10.1. The van der Waals surface area contributed by atoms with Gasteiger partial charge in [-0.15, -0.1) is 16.4 Å². The van der Waals surface area contributed by atoms with E-state index in [-0.39, 0.29) is 11.7 Å². The van der Waals surface area contributed by atoms with Crippen LogP contribution in [0, 0.1) is 11.3 Å². The van der Waals surface area contributed by atoms with Gasteiger partial charge in [0.05, 0.1) is 17.6 Å². The molecule has 0 saturated carbocycles. The first-order valence-corrected chi connectivity index (χ1v) is 7.14. The van der Waals surface area contributed by atoms with Crippen molar-refractivity contribution in [3.8, 4) is 27.1 Å². The predicted molar refractivity (Wildman–Crippen MR) is 81.2 cm³/mol. The molecule has 0 aliphatic carbocycles. The number of carbonyl (C=O) groups excluding carboxylic acids is 1. The molecule has 6 nitrogen and oxygen atoms in total. The molecule has 0 bridgehead atoms. The minimum atomic E-state index is -0.361. The van der Waals surface area contributed by atoms with Gasteiger partial charge in [-0.3, -0.25) is 0 Å². The fraction of sp³-hybridized carbons (Fsp3) is 0.0667. The van der Waals surface area contributed by atoms with Gasteiger partial charge in [0.15, 0.2) is 5.69 Å². The number of rotatable bonds is 3. The molecule has 0 unspecified atom stereocenters. The molecule has 0 aliphatic rings. The topological polar surface area (TPSA) is 91.7 Å². The van der Waals surface area contributed by atoms with Crippen LogP contribution >= 0.6 is 11.3 Å². The lowest BCUT2D eigenvalue weighted by molar-refractivity contribution is 0.0601. The molecule has 3 aromatic rings. The van der Waals surface area contributed by atoms with E-state index in [0.29, 0.717) is 11.3 Å². The van der Waals surface area contributed by atoms with E-state index in [1.54, 1.807) is 12.1 Å². The van der Waals surface area contributed by atoms with Gasteiger partial charge >= 0.3 is 5.97 Å². The first-order chi connectivity index (χ1) is 10.7. The van der Waals surface area contributed by atoms with Crippen LogP contribution in [0.25, 0.3) is 21.0 Å². The molecule has 1 aromatic carbocycles. The molecule has 108 valence electrons. The zero-order valence-electron chi connectivity index (χ0n) is 11.5. The summed E-state index contributed by atoms with van der Waals surface area (Å²) in [7, 11) is 1.35. The molecule has 3 rings (SSSR count). The molecule has 0 aliphatic heterocycles. The van der Waals surface area contributed by atoms with Gasteiger partial charge < -0.3 is 4.74 Å². The van der Waals surface area contributed by atoms with Crippen LogP contribution in [0.1, 0.15) is 16.1 Å². The third kappa shape index (κ3) is 2.47. The number of ether oxygens (including phenoxy) is 1. The maximum absolute atomic E-state index is 11.4. The molecule has 1 N–H and O–H groups in total. The highest BCUT2D eigenvalue weighted by atomic mass is 32.1. The average Bonchev–Trinajstić information content (AvgIpc) is 3.22. The van der Waals surface area contributed by atoms with E-state index in [9.17, 15) is 4.79 Å². The SMILES string of the molecule is COC(=O)c1ccc(-c2ccc(-c3n[nH]nc3C#N)s2)cc1. The smallest absolute Gasteiger partial charge is 0.337 e. The Morgan fingerprint density at radius 1 is 1.18 bits per heavy atom. The maximum Gasteiger partial charge on any atom is 0.337 e. The van der Waals surface area contributed by atoms with Gasteiger partial charge in [0.1, 0.15) is 11.8 Å². The first-order valence-electron chi connectivity index (χ1n) is 6.32. The van der Waals surface area contributed by atoms with Gasteiger partial charge in [-0.05, 0) is 29.8 Å². The number of nitrogens with one attached hydrogen (secondary N) is 1. The number of esters is 1. The number of hydrogen-bond acceptors (Lipinski definition) is 6. The Hall–Kier alpha value is -2.98. The Morgan fingerprint density at radius 2 is 1.91 bits per heavy atom. The molecule has 2 heterocycles. The Bertz CT molecular complexity index is 858. The number of nitriles is 1. The molecule has 7 heteroatoms. The zero-order valence-corrected chi connectivity index (χ0v) is 12.3. The summed E-state index contributed by atoms with van der Waals surface area (Å²) in [5, 5.41) is 19.2. The lowest BCUT2D eigenvalue weighted by Gasteiger charge is -2.00. The summed E-state index contributed by atoms with van der Waals surface area (Å²) in [6, 6.07) is 13.0. The number of methoxy groups -OCH3 is 1. The van der Waals surface area contributed by atoms with Crippen LogP contribution in [0.5, 0.6) is 0 Å². The number of carbonyl (C=O) groups is 1. The normalized spacial score (nSPS) is 10.2. The molecule has 0 saturated heterocycles. The monoisotopic (exact) mass is 310 g/mol. The fourth-order valence-electron chi connectivity index (χ4n) is 1.99. The van der Waals surface area contributed by atoms with Gasteiger partial charge in [0, 0.05) is 4.88 Å². The molecule has 0 amide bonds. The number of hydrogen-bond donors (Lipinski definition) is 1. The number of thiophene rings is 1. The highest BCUT2D eigenvalue weighted by Gasteiger charge is 2.13. The molecular formula is C15H10N4O2S. The summed E-state index contributed by atoms with van der Waals surface area (Å²) in [5.41, 5.74) is 2.30. The van der Waals surface area contributed by atoms with Crippen molar-refractivity contribution < 1.29 is 9.53 Å². The van der Waals surface area contributed by atoms with Crippen molar-refractivity contribution in [1.29, 1.82) is 5.26 Å². The van der Waals surface area contributed by atoms with E-state index in [0.717, 1.165) is 15.3 Å². The number of nitrogens with zero attached hydrogens (tertiary/aromatic N) is 3. The molecule has 0 atom stereocenters. The van der Waals surface area contributed by atoms with Gasteiger partial charge in [0.2, 0.25) is 0 Å². The number of aromatic amines is 1. The molecule has 22 heavy (non-hydrogen) atoms. The predicted octanol–water partition coefficient (Wildman–Crippen LogP) is 2.86. The minimum Gasteiger partial charge on any atom is -0.465 e. The number of benzene rings is 1. The number of H-pyrrole nitrogens is 1. The van der Waals surface area contributed by atoms with Crippen LogP contribution in [-0.2, 0) is 4.74 Å². The van der Waals surface area contributed by atoms with Gasteiger partial charge in [-0.2, -0.15) is 15.6 Å². The highest BCUT2D eigenvalue weighted by molar-refractivity contribution is 7.18. The van der Waals surface area contributed by atoms with Gasteiger partial charge in [-0.25, -0.2) is 4.79 Å². The molecule has 2 aromatic heterocycles. The summed E-state index contributed by atoms with van der Waals surface area (Å²) in [5.74, 6) is -0.361. The van der Waals surface area contributed by atoms with Crippen LogP contribution in [0.4, 0.5) is 0 Å². The highest BCUT2D eigenvalue weighted by Crippen LogP contribution is 2.34. The van der Waals surface area contributed by atoms with Crippen LogP contribution in [-0.4, -0.2) is 28.5 Å². The summed E-state index contributed by atoms with van der Waals surface area (Å²) >= 11 is 1.50. The number of aromatic nitrogens is 3. The van der Waals surface area contributed by atoms with E-state index in [1.807, 2.05) is 30.3 Å². The van der Waals surface area contributed by atoms with Crippen LogP contribution in [0.2, 0.25) is 0 Å². The summed E-state index contributed by atoms with van der Waals surface area (Å²) in [4.78, 5) is 13.3. The van der Waals surface area contributed by atoms with E-state index in [4.69, 9.17) is 5.26 Å². The lowest BCUT2D eigenvalue weighted by Crippen LogP contribution is -2.00. The van der Waals surface area contributed by atoms with E-state index in [1.165, 1.54) is 18.4 Å². The average molecular weight is 310 g/mol. The third-order valence-electron chi connectivity index (χ3n) is 3.08.